The van der Waals surface area contributed by atoms with E-state index >= 15 is 0 Å². The summed E-state index contributed by atoms with van der Waals surface area (Å²) < 4.78 is 49.4. The topological polar surface area (TPSA) is 118 Å². The Labute approximate surface area is 245 Å². The molecule has 0 bridgehead atoms. The molecule has 0 saturated heterocycles. The van der Waals surface area contributed by atoms with Crippen LogP contribution in [-0.4, -0.2) is 37.3 Å². The predicted molar refractivity (Wildman–Crippen MR) is 144 cm³/mol. The lowest BCUT2D eigenvalue weighted by molar-refractivity contribution is -0.150. The number of rotatable bonds is 8. The molecule has 0 saturated carbocycles. The molecular formula is C25H19Cl3F3N3O5S. The van der Waals surface area contributed by atoms with E-state index in [9.17, 15) is 32.8 Å². The van der Waals surface area contributed by atoms with Gasteiger partial charge in [0, 0.05) is 5.92 Å². The maximum absolute atomic E-state index is 13.1. The van der Waals surface area contributed by atoms with Gasteiger partial charge in [-0.1, -0.05) is 46.6 Å². The maximum Gasteiger partial charge on any atom is 0.416 e. The summed E-state index contributed by atoms with van der Waals surface area (Å²) in [7, 11) is 1.08. The molecule has 0 radical (unpaired) electrons. The molecule has 2 aromatic rings. The van der Waals surface area contributed by atoms with Gasteiger partial charge in [-0.05, 0) is 42.8 Å². The van der Waals surface area contributed by atoms with Crippen LogP contribution in [-0.2, 0) is 25.3 Å². The van der Waals surface area contributed by atoms with E-state index in [0.717, 1.165) is 31.0 Å². The summed E-state index contributed by atoms with van der Waals surface area (Å²) in [5.41, 5.74) is -1.15. The van der Waals surface area contributed by atoms with Crippen molar-refractivity contribution in [1.82, 2.24) is 5.32 Å². The maximum atomic E-state index is 13.1. The lowest BCUT2D eigenvalue weighted by Crippen LogP contribution is -2.44. The highest BCUT2D eigenvalue weighted by molar-refractivity contribution is 8.03. The molecule has 2 amide bonds. The normalized spacial score (nSPS) is 17.1. The van der Waals surface area contributed by atoms with Gasteiger partial charge in [0.15, 0.2) is 5.75 Å². The third-order valence-corrected chi connectivity index (χ3v) is 7.48. The average molecular weight is 637 g/mol. The molecule has 2 aromatic carbocycles. The first kappa shape index (κ1) is 31.4. The molecule has 40 heavy (non-hydrogen) atoms. The second kappa shape index (κ2) is 13.0. The summed E-state index contributed by atoms with van der Waals surface area (Å²) in [5, 5.41) is 14.7. The first-order valence-corrected chi connectivity index (χ1v) is 13.4. The van der Waals surface area contributed by atoms with Gasteiger partial charge in [-0.25, -0.2) is 0 Å². The van der Waals surface area contributed by atoms with Crippen LogP contribution < -0.4 is 15.4 Å². The SMILES string of the molecule is CCOc1c(Cl)cc([C@@H]2C(C#N)=C(SCC(=O)Nc3cc(C(F)(F)F)ccc3Cl)NC(=O)[C@H]2C(=O)OC)cc1Cl. The molecule has 0 unspecified atom stereocenters. The van der Waals surface area contributed by atoms with E-state index in [1.165, 1.54) is 12.1 Å². The van der Waals surface area contributed by atoms with Crippen molar-refractivity contribution >= 4 is 70.0 Å². The summed E-state index contributed by atoms with van der Waals surface area (Å²) in [6.45, 7) is 1.98. The van der Waals surface area contributed by atoms with Crippen molar-refractivity contribution in [2.75, 3.05) is 24.8 Å². The molecule has 0 aliphatic carbocycles. The summed E-state index contributed by atoms with van der Waals surface area (Å²) in [4.78, 5) is 38.2. The van der Waals surface area contributed by atoms with Crippen molar-refractivity contribution in [3.63, 3.8) is 0 Å². The van der Waals surface area contributed by atoms with Gasteiger partial charge in [0.2, 0.25) is 11.8 Å². The zero-order chi connectivity index (χ0) is 29.8. The third kappa shape index (κ3) is 6.96. The largest absolute Gasteiger partial charge is 0.491 e. The second-order valence-electron chi connectivity index (χ2n) is 8.10. The summed E-state index contributed by atoms with van der Waals surface area (Å²) >= 11 is 19.3. The van der Waals surface area contributed by atoms with Gasteiger partial charge in [0.25, 0.3) is 0 Å². The number of allylic oxidation sites excluding steroid dienone is 1. The zero-order valence-electron chi connectivity index (χ0n) is 20.6. The molecule has 1 aliphatic rings. The molecule has 3 rings (SSSR count). The van der Waals surface area contributed by atoms with Crippen LogP contribution in [0.2, 0.25) is 15.1 Å². The number of nitrogens with zero attached hydrogens (tertiary/aromatic N) is 1. The number of esters is 1. The van der Waals surface area contributed by atoms with Gasteiger partial charge >= 0.3 is 12.1 Å². The van der Waals surface area contributed by atoms with E-state index < -0.39 is 47.1 Å². The smallest absolute Gasteiger partial charge is 0.416 e. The highest BCUT2D eigenvalue weighted by Gasteiger charge is 2.45. The van der Waals surface area contributed by atoms with E-state index in [1.807, 2.05) is 6.07 Å². The molecular weight excluding hydrogens is 618 g/mol. The molecule has 0 spiro atoms. The second-order valence-corrected chi connectivity index (χ2v) is 10.3. The van der Waals surface area contributed by atoms with Crippen LogP contribution in [0.3, 0.4) is 0 Å². The fourth-order valence-corrected chi connectivity index (χ4v) is 5.47. The van der Waals surface area contributed by atoms with Crippen LogP contribution in [0.15, 0.2) is 40.9 Å². The molecule has 2 N–H and O–H groups in total. The number of hydrogen-bond acceptors (Lipinski definition) is 7. The molecule has 0 fully saturated rings. The Morgan fingerprint density at radius 1 is 1.15 bits per heavy atom. The Morgan fingerprint density at radius 2 is 1.80 bits per heavy atom. The third-order valence-electron chi connectivity index (χ3n) is 5.57. The van der Waals surface area contributed by atoms with E-state index in [1.54, 1.807) is 6.92 Å². The Bertz CT molecular complexity index is 1410. The van der Waals surface area contributed by atoms with Crippen molar-refractivity contribution < 1.29 is 37.0 Å². The van der Waals surface area contributed by atoms with Gasteiger partial charge in [0.05, 0.1) is 62.5 Å². The number of nitriles is 1. The zero-order valence-corrected chi connectivity index (χ0v) is 23.7. The minimum Gasteiger partial charge on any atom is -0.491 e. The molecule has 8 nitrogen and oxygen atoms in total. The van der Waals surface area contributed by atoms with Crippen LogP contribution in [0.1, 0.15) is 24.0 Å². The van der Waals surface area contributed by atoms with Crippen molar-refractivity contribution in [3.05, 3.63) is 67.1 Å². The van der Waals surface area contributed by atoms with Gasteiger partial charge in [-0.2, -0.15) is 18.4 Å². The highest BCUT2D eigenvalue weighted by atomic mass is 35.5. The number of alkyl halides is 3. The minimum atomic E-state index is -4.66. The number of halogens is 6. The number of methoxy groups -OCH3 is 1. The Morgan fingerprint density at radius 3 is 2.35 bits per heavy atom. The Hall–Kier alpha value is -3.11. The molecule has 1 aliphatic heterocycles. The monoisotopic (exact) mass is 635 g/mol. The van der Waals surface area contributed by atoms with Gasteiger partial charge in [-0.3, -0.25) is 14.4 Å². The van der Waals surface area contributed by atoms with Crippen LogP contribution in [0.4, 0.5) is 18.9 Å². The predicted octanol–water partition coefficient (Wildman–Crippen LogP) is 6.17. The number of anilines is 1. The van der Waals surface area contributed by atoms with E-state index in [0.29, 0.717) is 6.07 Å². The molecule has 0 aromatic heterocycles. The first-order valence-electron chi connectivity index (χ1n) is 11.3. The molecule has 2 atom stereocenters. The van der Waals surface area contributed by atoms with Crippen molar-refractivity contribution in [1.29, 1.82) is 5.26 Å². The first-order chi connectivity index (χ1) is 18.8. The average Bonchev–Trinajstić information content (AvgIpc) is 2.89. The fourth-order valence-electron chi connectivity index (χ4n) is 3.84. The fraction of sp³-hybridized carbons (Fsp3) is 0.280. The van der Waals surface area contributed by atoms with Crippen molar-refractivity contribution in [3.8, 4) is 11.8 Å². The molecule has 1 heterocycles. The summed E-state index contributed by atoms with van der Waals surface area (Å²) in [5.74, 6) is -5.48. The Kier molecular flexibility index (Phi) is 10.2. The van der Waals surface area contributed by atoms with E-state index in [-0.39, 0.29) is 49.3 Å². The molecule has 15 heteroatoms. The number of hydrogen-bond donors (Lipinski definition) is 2. The van der Waals surface area contributed by atoms with Crippen LogP contribution in [0.5, 0.6) is 5.75 Å². The van der Waals surface area contributed by atoms with Gasteiger partial charge in [-0.15, -0.1) is 0 Å². The summed E-state index contributed by atoms with van der Waals surface area (Å²) in [6.07, 6.45) is -4.66. The Balaban J connectivity index is 1.95. The van der Waals surface area contributed by atoms with E-state index in [4.69, 9.17) is 44.3 Å². The number of ether oxygens (including phenoxy) is 2. The van der Waals surface area contributed by atoms with Gasteiger partial charge < -0.3 is 20.1 Å². The number of benzene rings is 2. The standard InChI is InChI=1S/C25H19Cl3F3N3O5S/c1-3-39-21-15(27)6-11(7-16(21)28)19-13(9-32)23(34-22(36)20(19)24(37)38-2)40-10-18(35)33-17-8-12(25(29,30)31)4-5-14(17)26/h4-8,19-20H,3,10H2,1-2H3,(H,33,35)(H,34,36)/t19-,20+/m1/s1. The number of nitrogens with one attached hydrogen (secondary N) is 2. The van der Waals surface area contributed by atoms with Gasteiger partial charge in [0.1, 0.15) is 5.92 Å². The highest BCUT2D eigenvalue weighted by Crippen LogP contribution is 2.44. The lowest BCUT2D eigenvalue weighted by Gasteiger charge is -2.31. The van der Waals surface area contributed by atoms with Crippen LogP contribution in [0, 0.1) is 17.2 Å². The van der Waals surface area contributed by atoms with Crippen LogP contribution >= 0.6 is 46.6 Å². The van der Waals surface area contributed by atoms with E-state index in [2.05, 4.69) is 10.6 Å². The minimum absolute atomic E-state index is 0.0518. The number of thioether (sulfide) groups is 1. The number of carbonyl (C=O) groups excluding carboxylic acids is 3. The van der Waals surface area contributed by atoms with Crippen molar-refractivity contribution in [2.45, 2.75) is 19.0 Å². The summed E-state index contributed by atoms with van der Waals surface area (Å²) in [6, 6.07) is 7.21. The van der Waals surface area contributed by atoms with Crippen molar-refractivity contribution in [2.24, 2.45) is 5.92 Å². The number of carbonyl (C=O) groups is 3. The quantitative estimate of drug-likeness (QED) is 0.263. The van der Waals surface area contributed by atoms with Crippen LogP contribution in [0.25, 0.3) is 0 Å². The molecule has 212 valence electrons. The lowest BCUT2D eigenvalue weighted by atomic mass is 9.78. The number of amides is 2.